The van der Waals surface area contributed by atoms with Crippen LogP contribution in [-0.2, 0) is 4.79 Å². The van der Waals surface area contributed by atoms with Gasteiger partial charge in [-0.3, -0.25) is 9.59 Å². The molecule has 0 aliphatic heterocycles. The fourth-order valence-corrected chi connectivity index (χ4v) is 3.61. The SMILES string of the molecule is COc1cccc(C(=O)Nc2cccc(SCC(=O)Nc3cccc(C)c3C)c2)c1. The number of amides is 2. The molecule has 0 spiro atoms. The van der Waals surface area contributed by atoms with E-state index in [4.69, 9.17) is 4.74 Å². The van der Waals surface area contributed by atoms with Crippen molar-refractivity contribution in [1.29, 1.82) is 0 Å². The van der Waals surface area contributed by atoms with Gasteiger partial charge >= 0.3 is 0 Å². The average molecular weight is 421 g/mol. The number of carbonyl (C=O) groups excluding carboxylic acids is 2. The highest BCUT2D eigenvalue weighted by Gasteiger charge is 2.09. The van der Waals surface area contributed by atoms with Crippen LogP contribution in [0.4, 0.5) is 11.4 Å². The van der Waals surface area contributed by atoms with Gasteiger partial charge in [0.25, 0.3) is 5.91 Å². The second-order valence-electron chi connectivity index (χ2n) is 6.80. The second kappa shape index (κ2) is 9.98. The molecule has 0 bridgehead atoms. The summed E-state index contributed by atoms with van der Waals surface area (Å²) in [5.74, 6) is 0.616. The first-order chi connectivity index (χ1) is 14.5. The van der Waals surface area contributed by atoms with E-state index < -0.39 is 0 Å². The quantitative estimate of drug-likeness (QED) is 0.509. The molecule has 0 aliphatic rings. The Kier molecular flexibility index (Phi) is 7.14. The molecule has 0 heterocycles. The van der Waals surface area contributed by atoms with Crippen LogP contribution in [0.5, 0.6) is 5.75 Å². The van der Waals surface area contributed by atoms with E-state index in [1.54, 1.807) is 31.4 Å². The number of ether oxygens (including phenoxy) is 1. The molecule has 6 heteroatoms. The fraction of sp³-hybridized carbons (Fsp3) is 0.167. The smallest absolute Gasteiger partial charge is 0.255 e. The van der Waals surface area contributed by atoms with Gasteiger partial charge in [0.15, 0.2) is 0 Å². The second-order valence-corrected chi connectivity index (χ2v) is 7.85. The summed E-state index contributed by atoms with van der Waals surface area (Å²) in [6.45, 7) is 4.01. The molecule has 2 N–H and O–H groups in total. The van der Waals surface area contributed by atoms with Crippen LogP contribution < -0.4 is 15.4 Å². The molecular weight excluding hydrogens is 396 g/mol. The van der Waals surface area contributed by atoms with Gasteiger partial charge in [0.2, 0.25) is 5.91 Å². The summed E-state index contributed by atoms with van der Waals surface area (Å²) in [4.78, 5) is 25.7. The minimum absolute atomic E-state index is 0.0699. The number of benzene rings is 3. The lowest BCUT2D eigenvalue weighted by Gasteiger charge is -2.11. The van der Waals surface area contributed by atoms with E-state index in [2.05, 4.69) is 10.6 Å². The molecule has 0 aliphatic carbocycles. The number of hydrogen-bond acceptors (Lipinski definition) is 4. The van der Waals surface area contributed by atoms with Crippen molar-refractivity contribution in [3.05, 3.63) is 83.4 Å². The van der Waals surface area contributed by atoms with E-state index in [0.717, 1.165) is 21.7 Å². The number of aryl methyl sites for hydroxylation is 1. The maximum absolute atomic E-state index is 12.5. The lowest BCUT2D eigenvalue weighted by molar-refractivity contribution is -0.113. The number of anilines is 2. The molecule has 5 nitrogen and oxygen atoms in total. The van der Waals surface area contributed by atoms with Crippen LogP contribution >= 0.6 is 11.8 Å². The molecule has 30 heavy (non-hydrogen) atoms. The topological polar surface area (TPSA) is 67.4 Å². The van der Waals surface area contributed by atoms with Crippen molar-refractivity contribution in [2.75, 3.05) is 23.5 Å². The number of rotatable bonds is 7. The number of methoxy groups -OCH3 is 1. The summed E-state index contributed by atoms with van der Waals surface area (Å²) < 4.78 is 5.16. The van der Waals surface area contributed by atoms with E-state index in [0.29, 0.717) is 17.0 Å². The Morgan fingerprint density at radius 2 is 1.70 bits per heavy atom. The molecule has 3 aromatic carbocycles. The number of carbonyl (C=O) groups is 2. The summed E-state index contributed by atoms with van der Waals surface area (Å²) in [5, 5.41) is 5.84. The first-order valence-corrected chi connectivity index (χ1v) is 10.5. The van der Waals surface area contributed by atoms with Crippen molar-refractivity contribution in [2.45, 2.75) is 18.7 Å². The fourth-order valence-electron chi connectivity index (χ4n) is 2.85. The zero-order valence-corrected chi connectivity index (χ0v) is 18.0. The maximum atomic E-state index is 12.5. The molecule has 3 rings (SSSR count). The summed E-state index contributed by atoms with van der Waals surface area (Å²) >= 11 is 1.42. The van der Waals surface area contributed by atoms with Gasteiger partial charge in [-0.05, 0) is 67.4 Å². The van der Waals surface area contributed by atoms with Crippen LogP contribution in [0.15, 0.2) is 71.6 Å². The lowest BCUT2D eigenvalue weighted by Crippen LogP contribution is -2.15. The largest absolute Gasteiger partial charge is 0.497 e. The van der Waals surface area contributed by atoms with Gasteiger partial charge < -0.3 is 15.4 Å². The number of thioether (sulfide) groups is 1. The molecule has 0 atom stereocenters. The van der Waals surface area contributed by atoms with E-state index in [-0.39, 0.29) is 17.6 Å². The Balaban J connectivity index is 1.59. The predicted octanol–water partition coefficient (Wildman–Crippen LogP) is 5.30. The minimum atomic E-state index is -0.219. The first-order valence-electron chi connectivity index (χ1n) is 9.50. The molecule has 3 aromatic rings. The average Bonchev–Trinajstić information content (AvgIpc) is 2.76. The van der Waals surface area contributed by atoms with Gasteiger partial charge in [0, 0.05) is 21.8 Å². The van der Waals surface area contributed by atoms with Crippen molar-refractivity contribution in [1.82, 2.24) is 0 Å². The Morgan fingerprint density at radius 1 is 0.933 bits per heavy atom. The molecule has 0 saturated heterocycles. The highest BCUT2D eigenvalue weighted by atomic mass is 32.2. The van der Waals surface area contributed by atoms with Gasteiger partial charge in [-0.25, -0.2) is 0 Å². The molecule has 0 fully saturated rings. The van der Waals surface area contributed by atoms with Crippen LogP contribution in [0.2, 0.25) is 0 Å². The van der Waals surface area contributed by atoms with Gasteiger partial charge in [-0.2, -0.15) is 0 Å². The number of hydrogen-bond donors (Lipinski definition) is 2. The van der Waals surface area contributed by atoms with Crippen LogP contribution in [0.3, 0.4) is 0 Å². The summed E-state index contributed by atoms with van der Waals surface area (Å²) in [6, 6.07) is 20.3. The van der Waals surface area contributed by atoms with E-state index in [9.17, 15) is 9.59 Å². The molecule has 0 unspecified atom stereocenters. The van der Waals surface area contributed by atoms with E-state index in [1.165, 1.54) is 11.8 Å². The van der Waals surface area contributed by atoms with E-state index in [1.807, 2.05) is 56.3 Å². The highest BCUT2D eigenvalue weighted by Crippen LogP contribution is 2.24. The Morgan fingerprint density at radius 3 is 2.50 bits per heavy atom. The molecule has 0 aromatic heterocycles. The van der Waals surface area contributed by atoms with Crippen molar-refractivity contribution in [3.63, 3.8) is 0 Å². The van der Waals surface area contributed by atoms with Crippen molar-refractivity contribution < 1.29 is 14.3 Å². The van der Waals surface area contributed by atoms with Gasteiger partial charge in [0.1, 0.15) is 5.75 Å². The predicted molar refractivity (Wildman–Crippen MR) is 123 cm³/mol. The molecule has 2 amide bonds. The lowest BCUT2D eigenvalue weighted by atomic mass is 10.1. The number of nitrogens with one attached hydrogen (secondary N) is 2. The first kappa shape index (κ1) is 21.5. The van der Waals surface area contributed by atoms with Crippen molar-refractivity contribution in [2.24, 2.45) is 0 Å². The zero-order valence-electron chi connectivity index (χ0n) is 17.2. The van der Waals surface area contributed by atoms with Crippen LogP contribution in [0.25, 0.3) is 0 Å². The summed E-state index contributed by atoms with van der Waals surface area (Å²) in [5.41, 5.74) is 4.22. The third-order valence-electron chi connectivity index (χ3n) is 4.67. The molecule has 154 valence electrons. The van der Waals surface area contributed by atoms with Gasteiger partial charge in [-0.1, -0.05) is 24.3 Å². The third kappa shape index (κ3) is 5.64. The Hall–Kier alpha value is -3.25. The third-order valence-corrected chi connectivity index (χ3v) is 5.67. The normalized spacial score (nSPS) is 10.4. The Bertz CT molecular complexity index is 1070. The van der Waals surface area contributed by atoms with Crippen molar-refractivity contribution in [3.8, 4) is 5.75 Å². The molecule has 0 saturated carbocycles. The standard InChI is InChI=1S/C24H24N2O3S/c1-16-7-4-12-22(17(16)2)26-23(27)15-30-21-11-6-9-19(14-21)25-24(28)18-8-5-10-20(13-18)29-3/h4-14H,15H2,1-3H3,(H,25,28)(H,26,27). The monoisotopic (exact) mass is 420 g/mol. The van der Waals surface area contributed by atoms with Crippen LogP contribution in [0.1, 0.15) is 21.5 Å². The maximum Gasteiger partial charge on any atom is 0.255 e. The molecular formula is C24H24N2O3S. The van der Waals surface area contributed by atoms with Crippen LogP contribution in [0, 0.1) is 13.8 Å². The summed E-state index contributed by atoms with van der Waals surface area (Å²) in [6.07, 6.45) is 0. The van der Waals surface area contributed by atoms with Crippen LogP contribution in [-0.4, -0.2) is 24.7 Å². The molecule has 0 radical (unpaired) electrons. The Labute approximate surface area is 180 Å². The van der Waals surface area contributed by atoms with Crippen molar-refractivity contribution >= 4 is 35.0 Å². The van der Waals surface area contributed by atoms with E-state index >= 15 is 0 Å². The summed E-state index contributed by atoms with van der Waals surface area (Å²) in [7, 11) is 1.56. The highest BCUT2D eigenvalue weighted by molar-refractivity contribution is 8.00. The zero-order chi connectivity index (χ0) is 21.5. The minimum Gasteiger partial charge on any atom is -0.497 e. The van der Waals surface area contributed by atoms with Gasteiger partial charge in [-0.15, -0.1) is 11.8 Å². The van der Waals surface area contributed by atoms with Gasteiger partial charge in [0.05, 0.1) is 12.9 Å².